The van der Waals surface area contributed by atoms with E-state index in [9.17, 15) is 14.0 Å². The number of amides is 2. The Hall–Kier alpha value is -3.50. The molecule has 2 aromatic carbocycles. The summed E-state index contributed by atoms with van der Waals surface area (Å²) in [5, 5.41) is 11.7. The van der Waals surface area contributed by atoms with Crippen LogP contribution >= 0.6 is 22.9 Å². The van der Waals surface area contributed by atoms with E-state index in [2.05, 4.69) is 20.7 Å². The fourth-order valence-electron chi connectivity index (χ4n) is 2.99. The standard InChI is InChI=1S/C21H17ClFN5O3S/c1-31-17-7-6-12(22)10-16(17)25-20(30)19(29)24-9-8-13-11-32-21-26-18(27-28(13)21)14-4-2-3-5-15(14)23/h2-7,10-11H,8-9H2,1H3,(H,24,29)(H,25,30). The number of nitrogens with one attached hydrogen (secondary N) is 2. The van der Waals surface area contributed by atoms with Crippen molar-refractivity contribution >= 4 is 45.4 Å². The van der Waals surface area contributed by atoms with Crippen LogP contribution in [0.25, 0.3) is 16.3 Å². The summed E-state index contributed by atoms with van der Waals surface area (Å²) in [5.74, 6) is -1.38. The molecule has 0 saturated carbocycles. The summed E-state index contributed by atoms with van der Waals surface area (Å²) in [6, 6.07) is 11.0. The molecule has 0 bridgehead atoms. The van der Waals surface area contributed by atoms with Gasteiger partial charge in [-0.15, -0.1) is 16.4 Å². The molecule has 4 rings (SSSR count). The number of rotatable bonds is 6. The highest BCUT2D eigenvalue weighted by atomic mass is 35.5. The largest absolute Gasteiger partial charge is 0.495 e. The summed E-state index contributed by atoms with van der Waals surface area (Å²) in [5.41, 5.74) is 1.39. The number of methoxy groups -OCH3 is 1. The van der Waals surface area contributed by atoms with Crippen LogP contribution in [0.15, 0.2) is 47.8 Å². The van der Waals surface area contributed by atoms with Crippen LogP contribution in [0.1, 0.15) is 5.69 Å². The molecule has 2 heterocycles. The number of hydrogen-bond donors (Lipinski definition) is 2. The molecule has 0 saturated heterocycles. The van der Waals surface area contributed by atoms with Crippen molar-refractivity contribution in [2.24, 2.45) is 0 Å². The Morgan fingerprint density at radius 1 is 1.22 bits per heavy atom. The van der Waals surface area contributed by atoms with E-state index in [0.717, 1.165) is 5.69 Å². The zero-order valence-corrected chi connectivity index (χ0v) is 18.3. The molecular formula is C21H17ClFN5O3S. The van der Waals surface area contributed by atoms with Gasteiger partial charge in [-0.3, -0.25) is 9.59 Å². The molecule has 0 aliphatic carbocycles. The molecule has 2 amide bonds. The summed E-state index contributed by atoms with van der Waals surface area (Å²) in [6.07, 6.45) is 0.402. The minimum atomic E-state index is -0.844. The predicted octanol–water partition coefficient (Wildman–Crippen LogP) is 3.56. The Bertz CT molecular complexity index is 1310. The number of carbonyl (C=O) groups excluding carboxylic acids is 2. The van der Waals surface area contributed by atoms with Crippen molar-refractivity contribution in [3.8, 4) is 17.1 Å². The van der Waals surface area contributed by atoms with E-state index in [-0.39, 0.29) is 12.4 Å². The molecule has 0 atom stereocenters. The lowest BCUT2D eigenvalue weighted by Gasteiger charge is -2.10. The zero-order valence-electron chi connectivity index (χ0n) is 16.8. The number of halogens is 2. The molecule has 4 aromatic rings. The van der Waals surface area contributed by atoms with Gasteiger partial charge in [-0.05, 0) is 30.3 Å². The molecule has 0 unspecified atom stereocenters. The van der Waals surface area contributed by atoms with Crippen molar-refractivity contribution < 1.29 is 18.7 Å². The van der Waals surface area contributed by atoms with Gasteiger partial charge in [0.15, 0.2) is 5.82 Å². The first-order valence-corrected chi connectivity index (χ1v) is 10.7. The minimum Gasteiger partial charge on any atom is -0.495 e. The fourth-order valence-corrected chi connectivity index (χ4v) is 4.02. The highest BCUT2D eigenvalue weighted by molar-refractivity contribution is 7.15. The number of hydrogen-bond acceptors (Lipinski definition) is 6. The summed E-state index contributed by atoms with van der Waals surface area (Å²) in [7, 11) is 1.45. The maximum absolute atomic E-state index is 14.0. The van der Waals surface area contributed by atoms with Crippen LogP contribution in [-0.4, -0.2) is 40.1 Å². The number of aromatic nitrogens is 3. The molecular weight excluding hydrogens is 457 g/mol. The van der Waals surface area contributed by atoms with Gasteiger partial charge in [0.1, 0.15) is 11.6 Å². The second kappa shape index (κ2) is 9.33. The van der Waals surface area contributed by atoms with Crippen LogP contribution < -0.4 is 15.4 Å². The Balaban J connectivity index is 1.38. The van der Waals surface area contributed by atoms with Gasteiger partial charge < -0.3 is 15.4 Å². The molecule has 164 valence electrons. The number of anilines is 1. The second-order valence-electron chi connectivity index (χ2n) is 6.64. The zero-order chi connectivity index (χ0) is 22.7. The molecule has 8 nitrogen and oxygen atoms in total. The van der Waals surface area contributed by atoms with Crippen LogP contribution in [0.4, 0.5) is 10.1 Å². The summed E-state index contributed by atoms with van der Waals surface area (Å²) in [6.45, 7) is 0.194. The van der Waals surface area contributed by atoms with E-state index < -0.39 is 17.6 Å². The molecule has 32 heavy (non-hydrogen) atoms. The van der Waals surface area contributed by atoms with Crippen molar-refractivity contribution in [2.75, 3.05) is 19.0 Å². The SMILES string of the molecule is COc1ccc(Cl)cc1NC(=O)C(=O)NCCc1csc2nc(-c3ccccc3F)nn12. The van der Waals surface area contributed by atoms with Crippen molar-refractivity contribution in [3.63, 3.8) is 0 Å². The van der Waals surface area contributed by atoms with Gasteiger partial charge in [0.05, 0.1) is 24.1 Å². The van der Waals surface area contributed by atoms with Gasteiger partial charge in [0, 0.05) is 23.4 Å². The average molecular weight is 474 g/mol. The maximum atomic E-state index is 14.0. The van der Waals surface area contributed by atoms with E-state index in [1.807, 2.05) is 5.38 Å². The highest BCUT2D eigenvalue weighted by Gasteiger charge is 2.17. The molecule has 0 aliphatic rings. The van der Waals surface area contributed by atoms with Gasteiger partial charge in [0.25, 0.3) is 0 Å². The number of nitrogens with zero attached hydrogens (tertiary/aromatic N) is 3. The number of ether oxygens (including phenoxy) is 1. The van der Waals surface area contributed by atoms with Crippen LogP contribution in [0, 0.1) is 5.82 Å². The topological polar surface area (TPSA) is 97.6 Å². The highest BCUT2D eigenvalue weighted by Crippen LogP contribution is 2.27. The molecule has 11 heteroatoms. The number of fused-ring (bicyclic) bond motifs is 1. The van der Waals surface area contributed by atoms with E-state index in [0.29, 0.717) is 33.4 Å². The van der Waals surface area contributed by atoms with E-state index >= 15 is 0 Å². The smallest absolute Gasteiger partial charge is 0.313 e. The van der Waals surface area contributed by atoms with Gasteiger partial charge in [-0.2, -0.15) is 4.98 Å². The minimum absolute atomic E-state index is 0.194. The molecule has 2 N–H and O–H groups in total. The molecule has 2 aromatic heterocycles. The lowest BCUT2D eigenvalue weighted by molar-refractivity contribution is -0.136. The third-order valence-corrected chi connectivity index (χ3v) is 5.65. The lowest BCUT2D eigenvalue weighted by atomic mass is 10.2. The molecule has 0 aliphatic heterocycles. The van der Waals surface area contributed by atoms with Crippen LogP contribution in [0.2, 0.25) is 5.02 Å². The first-order valence-electron chi connectivity index (χ1n) is 9.47. The van der Waals surface area contributed by atoms with E-state index in [4.69, 9.17) is 16.3 Å². The predicted molar refractivity (Wildman–Crippen MR) is 120 cm³/mol. The van der Waals surface area contributed by atoms with Crippen LogP contribution in [0.3, 0.4) is 0 Å². The monoisotopic (exact) mass is 473 g/mol. The Morgan fingerprint density at radius 3 is 2.81 bits per heavy atom. The third-order valence-electron chi connectivity index (χ3n) is 4.55. The normalized spacial score (nSPS) is 10.8. The van der Waals surface area contributed by atoms with Crippen LogP contribution in [0.5, 0.6) is 5.75 Å². The van der Waals surface area contributed by atoms with Crippen molar-refractivity contribution in [3.05, 3.63) is 64.4 Å². The van der Waals surface area contributed by atoms with Gasteiger partial charge in [0.2, 0.25) is 4.96 Å². The Morgan fingerprint density at radius 2 is 2.03 bits per heavy atom. The lowest BCUT2D eigenvalue weighted by Crippen LogP contribution is -2.36. The van der Waals surface area contributed by atoms with E-state index in [1.165, 1.54) is 30.6 Å². The molecule has 0 spiro atoms. The van der Waals surface area contributed by atoms with E-state index in [1.54, 1.807) is 34.8 Å². The average Bonchev–Trinajstić information content (AvgIpc) is 3.35. The Labute approximate surface area is 191 Å². The van der Waals surface area contributed by atoms with Crippen molar-refractivity contribution in [1.82, 2.24) is 19.9 Å². The summed E-state index contributed by atoms with van der Waals surface area (Å²) < 4.78 is 20.8. The summed E-state index contributed by atoms with van der Waals surface area (Å²) in [4.78, 5) is 29.4. The van der Waals surface area contributed by atoms with Crippen molar-refractivity contribution in [2.45, 2.75) is 6.42 Å². The van der Waals surface area contributed by atoms with Gasteiger partial charge in [-0.25, -0.2) is 8.91 Å². The summed E-state index contributed by atoms with van der Waals surface area (Å²) >= 11 is 7.29. The molecule has 0 radical (unpaired) electrons. The number of benzene rings is 2. The van der Waals surface area contributed by atoms with Gasteiger partial charge >= 0.3 is 11.8 Å². The maximum Gasteiger partial charge on any atom is 0.313 e. The quantitative estimate of drug-likeness (QED) is 0.417. The van der Waals surface area contributed by atoms with Gasteiger partial charge in [-0.1, -0.05) is 23.7 Å². The Kier molecular flexibility index (Phi) is 6.33. The fraction of sp³-hybridized carbons (Fsp3) is 0.143. The van der Waals surface area contributed by atoms with Crippen molar-refractivity contribution in [1.29, 1.82) is 0 Å². The second-order valence-corrected chi connectivity index (χ2v) is 7.91. The van der Waals surface area contributed by atoms with Crippen LogP contribution in [-0.2, 0) is 16.0 Å². The number of carbonyl (C=O) groups is 2. The first-order chi connectivity index (χ1) is 15.5. The number of thiazole rings is 1. The molecule has 0 fully saturated rings. The first kappa shape index (κ1) is 21.7. The third kappa shape index (κ3) is 4.56.